The highest BCUT2D eigenvalue weighted by Crippen LogP contribution is 2.20. The zero-order valence-electron chi connectivity index (χ0n) is 10.8. The maximum atomic E-state index is 5.55. The molecule has 0 saturated carbocycles. The van der Waals surface area contributed by atoms with Crippen molar-refractivity contribution in [1.82, 2.24) is 9.97 Å². The molecule has 17 heavy (non-hydrogen) atoms. The molecule has 0 bridgehead atoms. The highest BCUT2D eigenvalue weighted by atomic mass is 16.5. The summed E-state index contributed by atoms with van der Waals surface area (Å²) in [5, 5.41) is 3.21. The minimum absolute atomic E-state index is 0.174. The van der Waals surface area contributed by atoms with E-state index in [0.29, 0.717) is 24.3 Å². The molecule has 3 N–H and O–H groups in total. The number of nitrogens with two attached hydrogens (primary N) is 1. The Labute approximate surface area is 102 Å². The van der Waals surface area contributed by atoms with Crippen LogP contribution in [-0.2, 0) is 0 Å². The first-order chi connectivity index (χ1) is 8.00. The van der Waals surface area contributed by atoms with Crippen molar-refractivity contribution in [2.45, 2.75) is 25.8 Å². The zero-order chi connectivity index (χ0) is 12.9. The van der Waals surface area contributed by atoms with Gasteiger partial charge in [0.05, 0.1) is 20.3 Å². The molecule has 6 nitrogen and oxygen atoms in total. The van der Waals surface area contributed by atoms with Gasteiger partial charge in [-0.05, 0) is 26.8 Å². The number of methoxy groups -OCH3 is 2. The third kappa shape index (κ3) is 4.07. The lowest BCUT2D eigenvalue weighted by molar-refractivity contribution is 0.371. The number of aromatic nitrogens is 2. The van der Waals surface area contributed by atoms with Gasteiger partial charge < -0.3 is 20.5 Å². The molecule has 0 spiro atoms. The van der Waals surface area contributed by atoms with Gasteiger partial charge in [-0.1, -0.05) is 0 Å². The molecular formula is C11H20N4O2. The fourth-order valence-electron chi connectivity index (χ4n) is 1.39. The second kappa shape index (κ2) is 5.67. The van der Waals surface area contributed by atoms with Gasteiger partial charge >= 0.3 is 0 Å². The molecule has 0 aliphatic heterocycles. The van der Waals surface area contributed by atoms with Crippen LogP contribution in [0.25, 0.3) is 0 Å². The Morgan fingerprint density at radius 1 is 1.24 bits per heavy atom. The van der Waals surface area contributed by atoms with Crippen LogP contribution < -0.4 is 20.5 Å². The highest BCUT2D eigenvalue weighted by Gasteiger charge is 2.18. The monoisotopic (exact) mass is 240 g/mol. The van der Waals surface area contributed by atoms with E-state index in [-0.39, 0.29) is 5.54 Å². The Balaban J connectivity index is 2.89. The van der Waals surface area contributed by atoms with Crippen LogP contribution in [-0.4, -0.2) is 36.3 Å². The van der Waals surface area contributed by atoms with Crippen LogP contribution in [0.4, 0.5) is 5.95 Å². The van der Waals surface area contributed by atoms with Crippen LogP contribution in [0.2, 0.25) is 0 Å². The summed E-state index contributed by atoms with van der Waals surface area (Å²) in [5.74, 6) is 1.39. The van der Waals surface area contributed by atoms with Crippen molar-refractivity contribution in [3.8, 4) is 11.8 Å². The largest absolute Gasteiger partial charge is 0.481 e. The topological polar surface area (TPSA) is 82.3 Å². The first-order valence-electron chi connectivity index (χ1n) is 5.46. The molecule has 1 aromatic heterocycles. The molecule has 1 aromatic rings. The minimum Gasteiger partial charge on any atom is -0.481 e. The van der Waals surface area contributed by atoms with E-state index in [9.17, 15) is 0 Å². The quantitative estimate of drug-likeness (QED) is 0.773. The van der Waals surface area contributed by atoms with Crippen LogP contribution >= 0.6 is 0 Å². The van der Waals surface area contributed by atoms with E-state index in [1.165, 1.54) is 0 Å². The van der Waals surface area contributed by atoms with Gasteiger partial charge in [0.2, 0.25) is 17.7 Å². The Morgan fingerprint density at radius 3 is 2.18 bits per heavy atom. The fourth-order valence-corrected chi connectivity index (χ4v) is 1.39. The molecule has 1 heterocycles. The van der Waals surface area contributed by atoms with E-state index in [4.69, 9.17) is 15.2 Å². The highest BCUT2D eigenvalue weighted by molar-refractivity contribution is 5.35. The zero-order valence-corrected chi connectivity index (χ0v) is 10.8. The number of anilines is 1. The summed E-state index contributed by atoms with van der Waals surface area (Å²) in [5.41, 5.74) is 5.38. The normalized spacial score (nSPS) is 11.1. The smallest absolute Gasteiger partial charge is 0.229 e. The molecule has 0 fully saturated rings. The van der Waals surface area contributed by atoms with Gasteiger partial charge in [-0.2, -0.15) is 9.97 Å². The summed E-state index contributed by atoms with van der Waals surface area (Å²) in [6.45, 7) is 4.67. The third-order valence-electron chi connectivity index (χ3n) is 2.32. The number of hydrogen-bond acceptors (Lipinski definition) is 6. The third-order valence-corrected chi connectivity index (χ3v) is 2.32. The first kappa shape index (κ1) is 13.5. The van der Waals surface area contributed by atoms with E-state index < -0.39 is 0 Å². The SMILES string of the molecule is COc1cc(OC)nc(NC(C)(C)CCN)n1. The van der Waals surface area contributed by atoms with Gasteiger partial charge in [0, 0.05) is 5.54 Å². The molecule has 96 valence electrons. The fraction of sp³-hybridized carbons (Fsp3) is 0.636. The molecule has 0 aliphatic carbocycles. The maximum absolute atomic E-state index is 5.55. The van der Waals surface area contributed by atoms with Crippen molar-refractivity contribution in [2.75, 3.05) is 26.1 Å². The van der Waals surface area contributed by atoms with Crippen LogP contribution in [0, 0.1) is 0 Å². The van der Waals surface area contributed by atoms with Gasteiger partial charge in [0.15, 0.2) is 0 Å². The van der Waals surface area contributed by atoms with Crippen molar-refractivity contribution >= 4 is 5.95 Å². The van der Waals surface area contributed by atoms with E-state index in [1.807, 2.05) is 13.8 Å². The summed E-state index contributed by atoms with van der Waals surface area (Å²) in [7, 11) is 3.10. The second-order valence-electron chi connectivity index (χ2n) is 4.32. The summed E-state index contributed by atoms with van der Waals surface area (Å²) in [6.07, 6.45) is 0.815. The first-order valence-corrected chi connectivity index (χ1v) is 5.46. The van der Waals surface area contributed by atoms with E-state index >= 15 is 0 Å². The summed E-state index contributed by atoms with van der Waals surface area (Å²) in [4.78, 5) is 8.40. The molecule has 0 aromatic carbocycles. The molecule has 0 radical (unpaired) electrons. The number of nitrogens with one attached hydrogen (secondary N) is 1. The summed E-state index contributed by atoms with van der Waals surface area (Å²) >= 11 is 0. The molecule has 0 atom stereocenters. The standard InChI is InChI=1S/C11H20N4O2/c1-11(2,5-6-12)15-10-13-8(16-3)7-9(14-10)17-4/h7H,5-6,12H2,1-4H3,(H,13,14,15). The lowest BCUT2D eigenvalue weighted by Gasteiger charge is -2.25. The molecule has 0 aliphatic rings. The number of hydrogen-bond donors (Lipinski definition) is 2. The number of rotatable bonds is 6. The lowest BCUT2D eigenvalue weighted by atomic mass is 10.0. The van der Waals surface area contributed by atoms with Crippen LogP contribution in [0.5, 0.6) is 11.8 Å². The average molecular weight is 240 g/mol. The lowest BCUT2D eigenvalue weighted by Crippen LogP contribution is -2.34. The van der Waals surface area contributed by atoms with Crippen molar-refractivity contribution in [3.63, 3.8) is 0 Å². The summed E-state index contributed by atoms with van der Waals surface area (Å²) in [6, 6.07) is 1.63. The van der Waals surface area contributed by atoms with Crippen molar-refractivity contribution in [1.29, 1.82) is 0 Å². The van der Waals surface area contributed by atoms with Gasteiger partial charge in [0.25, 0.3) is 0 Å². The molecule has 0 amide bonds. The van der Waals surface area contributed by atoms with E-state index in [1.54, 1.807) is 20.3 Å². The Hall–Kier alpha value is -1.56. The predicted molar refractivity (Wildman–Crippen MR) is 66.5 cm³/mol. The molecule has 6 heteroatoms. The van der Waals surface area contributed by atoms with Crippen molar-refractivity contribution in [3.05, 3.63) is 6.07 Å². The number of nitrogens with zero attached hydrogens (tertiary/aromatic N) is 2. The molecular weight excluding hydrogens is 220 g/mol. The van der Waals surface area contributed by atoms with E-state index in [0.717, 1.165) is 6.42 Å². The van der Waals surface area contributed by atoms with Gasteiger partial charge in [-0.25, -0.2) is 0 Å². The Kier molecular flexibility index (Phi) is 4.51. The average Bonchev–Trinajstić information content (AvgIpc) is 2.27. The van der Waals surface area contributed by atoms with Crippen molar-refractivity contribution in [2.24, 2.45) is 5.73 Å². The molecule has 1 rings (SSSR count). The molecule has 0 unspecified atom stereocenters. The second-order valence-corrected chi connectivity index (χ2v) is 4.32. The van der Waals surface area contributed by atoms with Gasteiger partial charge in [-0.15, -0.1) is 0 Å². The van der Waals surface area contributed by atoms with E-state index in [2.05, 4.69) is 15.3 Å². The Morgan fingerprint density at radius 2 is 1.76 bits per heavy atom. The van der Waals surface area contributed by atoms with Gasteiger partial charge in [-0.3, -0.25) is 0 Å². The predicted octanol–water partition coefficient (Wildman–Crippen LogP) is 1.03. The van der Waals surface area contributed by atoms with Crippen LogP contribution in [0.15, 0.2) is 6.07 Å². The maximum Gasteiger partial charge on any atom is 0.229 e. The minimum atomic E-state index is -0.174. The Bertz CT molecular complexity index is 346. The summed E-state index contributed by atoms with van der Waals surface area (Å²) < 4.78 is 10.2. The molecule has 0 saturated heterocycles. The van der Waals surface area contributed by atoms with Gasteiger partial charge in [0.1, 0.15) is 0 Å². The van der Waals surface area contributed by atoms with Crippen LogP contribution in [0.3, 0.4) is 0 Å². The van der Waals surface area contributed by atoms with Crippen molar-refractivity contribution < 1.29 is 9.47 Å². The number of ether oxygens (including phenoxy) is 2. The van der Waals surface area contributed by atoms with Crippen LogP contribution in [0.1, 0.15) is 20.3 Å².